The molecule has 2 aromatic rings. The van der Waals surface area contributed by atoms with Crippen molar-refractivity contribution in [1.82, 2.24) is 9.78 Å². The Labute approximate surface area is 120 Å². The molecular weight excluding hydrogens is 278 g/mol. The first-order chi connectivity index (χ1) is 9.97. The van der Waals surface area contributed by atoms with E-state index in [0.29, 0.717) is 0 Å². The van der Waals surface area contributed by atoms with Gasteiger partial charge in [-0.25, -0.2) is 0 Å². The van der Waals surface area contributed by atoms with Crippen molar-refractivity contribution in [1.29, 1.82) is 0 Å². The molecule has 0 saturated carbocycles. The maximum atomic E-state index is 12.1. The molecule has 21 heavy (non-hydrogen) atoms. The molecule has 0 unspecified atom stereocenters. The zero-order valence-electron chi connectivity index (χ0n) is 11.6. The van der Waals surface area contributed by atoms with Crippen molar-refractivity contribution < 1.29 is 18.3 Å². The molecule has 2 rings (SSSR count). The molecule has 0 bridgehead atoms. The van der Waals surface area contributed by atoms with Gasteiger partial charge in [-0.1, -0.05) is 12.1 Å². The first kappa shape index (κ1) is 14.9. The van der Waals surface area contributed by atoms with Crippen LogP contribution in [0.15, 0.2) is 36.5 Å². The molecule has 0 aliphatic rings. The first-order valence-corrected chi connectivity index (χ1v) is 6.23. The number of aromatic nitrogens is 2. The van der Waals surface area contributed by atoms with Crippen LogP contribution < -0.4 is 4.74 Å². The molecule has 6 heteroatoms. The van der Waals surface area contributed by atoms with E-state index in [4.69, 9.17) is 0 Å². The highest BCUT2D eigenvalue weighted by atomic mass is 19.3. The normalized spacial score (nSPS) is 11.3. The third-order valence-electron chi connectivity index (χ3n) is 3.03. The number of rotatable bonds is 5. The van der Waals surface area contributed by atoms with Crippen LogP contribution in [-0.2, 0) is 7.05 Å². The maximum Gasteiger partial charge on any atom is 0.387 e. The summed E-state index contributed by atoms with van der Waals surface area (Å²) in [6, 6.07) is 5.70. The van der Waals surface area contributed by atoms with E-state index in [2.05, 4.69) is 9.84 Å². The Hall–Kier alpha value is -2.50. The minimum Gasteiger partial charge on any atom is -0.435 e. The van der Waals surface area contributed by atoms with Crippen molar-refractivity contribution in [3.05, 3.63) is 53.4 Å². The van der Waals surface area contributed by atoms with Gasteiger partial charge in [-0.05, 0) is 31.2 Å². The Morgan fingerprint density at radius 2 is 2.19 bits per heavy atom. The van der Waals surface area contributed by atoms with E-state index < -0.39 is 6.61 Å². The quantitative estimate of drug-likeness (QED) is 0.628. The summed E-state index contributed by atoms with van der Waals surface area (Å²) in [5, 5.41) is 4.06. The number of alkyl halides is 2. The highest BCUT2D eigenvalue weighted by molar-refractivity contribution is 6.07. The van der Waals surface area contributed by atoms with Gasteiger partial charge in [0.05, 0.1) is 6.20 Å². The molecule has 0 saturated heterocycles. The zero-order chi connectivity index (χ0) is 15.4. The number of halogens is 2. The van der Waals surface area contributed by atoms with Crippen LogP contribution >= 0.6 is 0 Å². The number of hydrogen-bond acceptors (Lipinski definition) is 3. The van der Waals surface area contributed by atoms with Crippen LogP contribution in [0.5, 0.6) is 5.75 Å². The molecule has 0 atom stereocenters. The fourth-order valence-corrected chi connectivity index (χ4v) is 1.77. The summed E-state index contributed by atoms with van der Waals surface area (Å²) in [6.45, 7) is -1.03. The molecule has 4 nitrogen and oxygen atoms in total. The number of benzene rings is 1. The topological polar surface area (TPSA) is 44.1 Å². The van der Waals surface area contributed by atoms with Gasteiger partial charge in [0.2, 0.25) is 0 Å². The summed E-state index contributed by atoms with van der Waals surface area (Å²) < 4.78 is 30.2. The second kappa shape index (κ2) is 6.30. The number of ketones is 1. The molecule has 0 N–H and O–H groups in total. The Morgan fingerprint density at radius 3 is 2.81 bits per heavy atom. The van der Waals surface area contributed by atoms with Crippen molar-refractivity contribution in [2.75, 3.05) is 0 Å². The fourth-order valence-electron chi connectivity index (χ4n) is 1.77. The highest BCUT2D eigenvalue weighted by Crippen LogP contribution is 2.17. The lowest BCUT2D eigenvalue weighted by atomic mass is 10.1. The van der Waals surface area contributed by atoms with Crippen LogP contribution in [-0.4, -0.2) is 22.2 Å². The Bertz CT molecular complexity index is 678. The van der Waals surface area contributed by atoms with E-state index in [-0.39, 0.29) is 17.1 Å². The molecule has 0 radical (unpaired) electrons. The fraction of sp³-hybridized carbons (Fsp3) is 0.200. The van der Waals surface area contributed by atoms with Crippen molar-refractivity contribution >= 4 is 11.9 Å². The number of aryl methyl sites for hydroxylation is 1. The predicted molar refractivity (Wildman–Crippen MR) is 74.4 cm³/mol. The summed E-state index contributed by atoms with van der Waals surface area (Å²) in [4.78, 5) is 12.0. The van der Waals surface area contributed by atoms with Crippen molar-refractivity contribution in [2.24, 2.45) is 7.05 Å². The van der Waals surface area contributed by atoms with Gasteiger partial charge in [0.25, 0.3) is 0 Å². The molecule has 0 amide bonds. The smallest absolute Gasteiger partial charge is 0.387 e. The van der Waals surface area contributed by atoms with Gasteiger partial charge in [0.15, 0.2) is 5.78 Å². The van der Waals surface area contributed by atoms with E-state index in [1.165, 1.54) is 24.3 Å². The van der Waals surface area contributed by atoms with E-state index in [1.807, 2.05) is 6.92 Å². The molecular formula is C15H14F2N2O2. The second-order valence-electron chi connectivity index (χ2n) is 4.41. The van der Waals surface area contributed by atoms with Gasteiger partial charge in [0, 0.05) is 23.9 Å². The minimum atomic E-state index is -2.91. The molecule has 1 aromatic heterocycles. The van der Waals surface area contributed by atoms with Crippen molar-refractivity contribution in [3.63, 3.8) is 0 Å². The number of allylic oxidation sites excluding steroid dienone is 1. The number of carbonyl (C=O) groups is 1. The average Bonchev–Trinajstić information content (AvgIpc) is 2.76. The third kappa shape index (κ3) is 3.75. The second-order valence-corrected chi connectivity index (χ2v) is 4.41. The molecule has 110 valence electrons. The maximum absolute atomic E-state index is 12.1. The third-order valence-corrected chi connectivity index (χ3v) is 3.03. The van der Waals surface area contributed by atoms with Gasteiger partial charge in [-0.3, -0.25) is 9.48 Å². The summed E-state index contributed by atoms with van der Waals surface area (Å²) in [7, 11) is 1.81. The average molecular weight is 292 g/mol. The van der Waals surface area contributed by atoms with E-state index in [9.17, 15) is 13.6 Å². The van der Waals surface area contributed by atoms with E-state index in [0.717, 1.165) is 11.3 Å². The lowest BCUT2D eigenvalue weighted by Crippen LogP contribution is -2.03. The molecule has 0 aliphatic heterocycles. The van der Waals surface area contributed by atoms with Crippen LogP contribution in [0.1, 0.15) is 21.6 Å². The van der Waals surface area contributed by atoms with Gasteiger partial charge in [-0.2, -0.15) is 13.9 Å². The van der Waals surface area contributed by atoms with Crippen LogP contribution in [0, 0.1) is 6.92 Å². The number of carbonyl (C=O) groups excluding carboxylic acids is 1. The number of ether oxygens (including phenoxy) is 1. The summed E-state index contributed by atoms with van der Waals surface area (Å²) >= 11 is 0. The number of hydrogen-bond donors (Lipinski definition) is 0. The van der Waals surface area contributed by atoms with Crippen molar-refractivity contribution in [2.45, 2.75) is 13.5 Å². The van der Waals surface area contributed by atoms with Gasteiger partial charge in [0.1, 0.15) is 5.75 Å². The van der Waals surface area contributed by atoms with Crippen LogP contribution in [0.4, 0.5) is 8.78 Å². The zero-order valence-corrected chi connectivity index (χ0v) is 11.6. The van der Waals surface area contributed by atoms with Crippen molar-refractivity contribution in [3.8, 4) is 5.75 Å². The molecule has 1 heterocycles. The highest BCUT2D eigenvalue weighted by Gasteiger charge is 2.08. The van der Waals surface area contributed by atoms with E-state index >= 15 is 0 Å². The SMILES string of the molecule is Cc1c(/C=C/C(=O)c2cccc(OC(F)F)c2)cnn1C. The summed E-state index contributed by atoms with van der Waals surface area (Å²) in [6.07, 6.45) is 4.67. The van der Waals surface area contributed by atoms with Crippen LogP contribution in [0.2, 0.25) is 0 Å². The lowest BCUT2D eigenvalue weighted by Gasteiger charge is -2.04. The standard InChI is InChI=1S/C15H14F2N2O2/c1-10-12(9-18-19(10)2)6-7-14(20)11-4-3-5-13(8-11)21-15(16)17/h3-9,15H,1-2H3/b7-6+. The van der Waals surface area contributed by atoms with Crippen LogP contribution in [0.25, 0.3) is 6.08 Å². The van der Waals surface area contributed by atoms with Gasteiger partial charge >= 0.3 is 6.61 Å². The van der Waals surface area contributed by atoms with Gasteiger partial charge in [-0.15, -0.1) is 0 Å². The van der Waals surface area contributed by atoms with Gasteiger partial charge < -0.3 is 4.74 Å². The first-order valence-electron chi connectivity index (χ1n) is 6.23. The monoisotopic (exact) mass is 292 g/mol. The minimum absolute atomic E-state index is 0.0400. The number of nitrogens with zero attached hydrogens (tertiary/aromatic N) is 2. The molecule has 0 fully saturated rings. The summed E-state index contributed by atoms with van der Waals surface area (Å²) in [5.74, 6) is -0.334. The molecule has 0 spiro atoms. The predicted octanol–water partition coefficient (Wildman–Crippen LogP) is 3.23. The Balaban J connectivity index is 2.15. The largest absolute Gasteiger partial charge is 0.435 e. The Morgan fingerprint density at radius 1 is 1.43 bits per heavy atom. The molecule has 0 aliphatic carbocycles. The molecule has 1 aromatic carbocycles. The Kier molecular flexibility index (Phi) is 4.47. The van der Waals surface area contributed by atoms with E-state index in [1.54, 1.807) is 30.1 Å². The lowest BCUT2D eigenvalue weighted by molar-refractivity contribution is -0.0498. The van der Waals surface area contributed by atoms with Crippen LogP contribution in [0.3, 0.4) is 0 Å². The summed E-state index contributed by atoms with van der Waals surface area (Å²) in [5.41, 5.74) is 2.03.